The maximum absolute atomic E-state index is 12.7. The third-order valence-corrected chi connectivity index (χ3v) is 3.31. The average molecular weight is 345 g/mol. The Balaban J connectivity index is 1.69. The predicted molar refractivity (Wildman–Crippen MR) is 86.5 cm³/mol. The number of alkyl halides is 3. The standard InChI is InChI=1S/C19H14F3NO2/c20-19(21,22)15-8-4-9-16(12-15)25-18-11-5-10-17(23-18)24-13-14-6-2-1-3-7-14/h1-12H,13H2. The number of rotatable bonds is 5. The van der Waals surface area contributed by atoms with Gasteiger partial charge in [-0.2, -0.15) is 18.2 Å². The molecule has 0 spiro atoms. The zero-order chi connectivity index (χ0) is 17.7. The maximum Gasteiger partial charge on any atom is 0.416 e. The van der Waals surface area contributed by atoms with Crippen molar-refractivity contribution < 1.29 is 22.6 Å². The zero-order valence-corrected chi connectivity index (χ0v) is 13.0. The first-order valence-corrected chi connectivity index (χ1v) is 7.49. The second kappa shape index (κ2) is 7.25. The Hall–Kier alpha value is -3.02. The van der Waals surface area contributed by atoms with Crippen LogP contribution in [0, 0.1) is 0 Å². The van der Waals surface area contributed by atoms with Gasteiger partial charge in [-0.1, -0.05) is 42.5 Å². The van der Waals surface area contributed by atoms with E-state index in [1.54, 1.807) is 18.2 Å². The molecule has 3 rings (SSSR count). The van der Waals surface area contributed by atoms with Gasteiger partial charge in [0.05, 0.1) is 5.56 Å². The number of halogens is 3. The second-order valence-corrected chi connectivity index (χ2v) is 5.22. The zero-order valence-electron chi connectivity index (χ0n) is 13.0. The summed E-state index contributed by atoms with van der Waals surface area (Å²) in [5.74, 6) is 0.542. The van der Waals surface area contributed by atoms with Crippen LogP contribution in [-0.2, 0) is 12.8 Å². The molecule has 0 unspecified atom stereocenters. The lowest BCUT2D eigenvalue weighted by Gasteiger charge is -2.10. The molecule has 0 aliphatic carbocycles. The Bertz CT molecular complexity index is 835. The van der Waals surface area contributed by atoms with Crippen molar-refractivity contribution in [3.63, 3.8) is 0 Å². The Morgan fingerprint density at radius 2 is 1.52 bits per heavy atom. The van der Waals surface area contributed by atoms with E-state index < -0.39 is 11.7 Å². The summed E-state index contributed by atoms with van der Waals surface area (Å²) in [6, 6.07) is 19.1. The number of hydrogen-bond donors (Lipinski definition) is 0. The summed E-state index contributed by atoms with van der Waals surface area (Å²) in [7, 11) is 0. The van der Waals surface area contributed by atoms with Crippen molar-refractivity contribution in [3.8, 4) is 17.5 Å². The minimum absolute atomic E-state index is 0.0579. The molecule has 0 fully saturated rings. The monoisotopic (exact) mass is 345 g/mol. The molecule has 25 heavy (non-hydrogen) atoms. The van der Waals surface area contributed by atoms with Gasteiger partial charge in [-0.05, 0) is 23.8 Å². The topological polar surface area (TPSA) is 31.4 Å². The molecule has 0 bridgehead atoms. The highest BCUT2D eigenvalue weighted by atomic mass is 19.4. The molecule has 0 aliphatic rings. The normalized spacial score (nSPS) is 11.2. The van der Waals surface area contributed by atoms with Crippen LogP contribution in [0.2, 0.25) is 0 Å². The fraction of sp³-hybridized carbons (Fsp3) is 0.105. The van der Waals surface area contributed by atoms with Crippen molar-refractivity contribution in [1.82, 2.24) is 4.98 Å². The highest BCUT2D eigenvalue weighted by molar-refractivity contribution is 5.33. The van der Waals surface area contributed by atoms with Gasteiger partial charge in [0.15, 0.2) is 0 Å². The molecule has 6 heteroatoms. The van der Waals surface area contributed by atoms with E-state index in [0.717, 1.165) is 17.7 Å². The van der Waals surface area contributed by atoms with Crippen LogP contribution in [0.4, 0.5) is 13.2 Å². The average Bonchev–Trinajstić information content (AvgIpc) is 2.61. The Kier molecular flexibility index (Phi) is 4.88. The molecule has 0 radical (unpaired) electrons. The summed E-state index contributed by atoms with van der Waals surface area (Å²) in [6.07, 6.45) is -4.42. The molecule has 0 atom stereocenters. The van der Waals surface area contributed by atoms with Gasteiger partial charge >= 0.3 is 6.18 Å². The number of hydrogen-bond acceptors (Lipinski definition) is 3. The minimum Gasteiger partial charge on any atom is -0.473 e. The minimum atomic E-state index is -4.42. The van der Waals surface area contributed by atoms with Crippen LogP contribution in [0.3, 0.4) is 0 Å². The van der Waals surface area contributed by atoms with Gasteiger partial charge in [0.2, 0.25) is 11.8 Å². The maximum atomic E-state index is 12.7. The number of aromatic nitrogens is 1. The lowest BCUT2D eigenvalue weighted by molar-refractivity contribution is -0.137. The van der Waals surface area contributed by atoms with Crippen LogP contribution >= 0.6 is 0 Å². The molecule has 0 saturated carbocycles. The van der Waals surface area contributed by atoms with E-state index in [1.165, 1.54) is 12.1 Å². The first-order chi connectivity index (χ1) is 12.0. The summed E-state index contributed by atoms with van der Waals surface area (Å²) >= 11 is 0. The highest BCUT2D eigenvalue weighted by Crippen LogP contribution is 2.32. The van der Waals surface area contributed by atoms with Crippen LogP contribution in [0.25, 0.3) is 0 Å². The van der Waals surface area contributed by atoms with Crippen molar-refractivity contribution in [3.05, 3.63) is 83.9 Å². The van der Waals surface area contributed by atoms with Gasteiger partial charge in [-0.25, -0.2) is 0 Å². The van der Waals surface area contributed by atoms with E-state index >= 15 is 0 Å². The molecule has 1 heterocycles. The Labute approximate surface area is 142 Å². The highest BCUT2D eigenvalue weighted by Gasteiger charge is 2.30. The summed E-state index contributed by atoms with van der Waals surface area (Å²) in [5.41, 5.74) is 0.204. The van der Waals surface area contributed by atoms with Crippen molar-refractivity contribution in [2.75, 3.05) is 0 Å². The lowest BCUT2D eigenvalue weighted by atomic mass is 10.2. The van der Waals surface area contributed by atoms with Gasteiger partial charge in [0.1, 0.15) is 12.4 Å². The van der Waals surface area contributed by atoms with Gasteiger partial charge in [0, 0.05) is 12.1 Å². The predicted octanol–water partition coefficient (Wildman–Crippen LogP) is 5.47. The fourth-order valence-electron chi connectivity index (χ4n) is 2.12. The number of benzene rings is 2. The van der Waals surface area contributed by atoms with E-state index in [4.69, 9.17) is 9.47 Å². The van der Waals surface area contributed by atoms with Crippen LogP contribution in [0.1, 0.15) is 11.1 Å². The van der Waals surface area contributed by atoms with Crippen LogP contribution in [0.15, 0.2) is 72.8 Å². The first kappa shape index (κ1) is 16.8. The second-order valence-electron chi connectivity index (χ2n) is 5.22. The van der Waals surface area contributed by atoms with Gasteiger partial charge in [-0.15, -0.1) is 0 Å². The lowest BCUT2D eigenvalue weighted by Crippen LogP contribution is -2.04. The molecular weight excluding hydrogens is 331 g/mol. The summed E-state index contributed by atoms with van der Waals surface area (Å²) in [5, 5.41) is 0. The van der Waals surface area contributed by atoms with Crippen molar-refractivity contribution >= 4 is 0 Å². The van der Waals surface area contributed by atoms with Crippen LogP contribution in [0.5, 0.6) is 17.5 Å². The molecule has 1 aromatic heterocycles. The summed E-state index contributed by atoms with van der Waals surface area (Å²) in [6.45, 7) is 0.334. The summed E-state index contributed by atoms with van der Waals surface area (Å²) < 4.78 is 49.2. The van der Waals surface area contributed by atoms with Crippen molar-refractivity contribution in [1.29, 1.82) is 0 Å². The van der Waals surface area contributed by atoms with Crippen LogP contribution in [-0.4, -0.2) is 4.98 Å². The molecule has 0 aliphatic heterocycles. The molecule has 0 saturated heterocycles. The number of nitrogens with zero attached hydrogens (tertiary/aromatic N) is 1. The largest absolute Gasteiger partial charge is 0.473 e. The molecule has 0 amide bonds. The molecule has 128 valence electrons. The third kappa shape index (κ3) is 4.73. The summed E-state index contributed by atoms with van der Waals surface area (Å²) in [4.78, 5) is 4.15. The number of ether oxygens (including phenoxy) is 2. The van der Waals surface area contributed by atoms with Gasteiger partial charge < -0.3 is 9.47 Å². The molecule has 2 aromatic carbocycles. The Morgan fingerprint density at radius 1 is 0.800 bits per heavy atom. The fourth-order valence-corrected chi connectivity index (χ4v) is 2.12. The Morgan fingerprint density at radius 3 is 2.28 bits per heavy atom. The first-order valence-electron chi connectivity index (χ1n) is 7.49. The smallest absolute Gasteiger partial charge is 0.416 e. The molecule has 3 nitrogen and oxygen atoms in total. The SMILES string of the molecule is FC(F)(F)c1cccc(Oc2cccc(OCc3ccccc3)n2)c1. The molecular formula is C19H14F3NO2. The third-order valence-electron chi connectivity index (χ3n) is 3.31. The van der Waals surface area contributed by atoms with Crippen molar-refractivity contribution in [2.24, 2.45) is 0 Å². The molecule has 3 aromatic rings. The van der Waals surface area contributed by atoms with E-state index in [1.807, 2.05) is 30.3 Å². The van der Waals surface area contributed by atoms with Crippen molar-refractivity contribution in [2.45, 2.75) is 12.8 Å². The van der Waals surface area contributed by atoms with E-state index in [-0.39, 0.29) is 11.6 Å². The van der Waals surface area contributed by atoms with Gasteiger partial charge in [-0.3, -0.25) is 0 Å². The number of pyridine rings is 1. The van der Waals surface area contributed by atoms with Crippen LogP contribution < -0.4 is 9.47 Å². The van der Waals surface area contributed by atoms with Gasteiger partial charge in [0.25, 0.3) is 0 Å². The van der Waals surface area contributed by atoms with E-state index in [9.17, 15) is 13.2 Å². The molecule has 0 N–H and O–H groups in total. The van der Waals surface area contributed by atoms with E-state index in [0.29, 0.717) is 12.5 Å². The van der Waals surface area contributed by atoms with E-state index in [2.05, 4.69) is 4.98 Å². The quantitative estimate of drug-likeness (QED) is 0.614.